The topological polar surface area (TPSA) is 208 Å². The summed E-state index contributed by atoms with van der Waals surface area (Å²) >= 11 is 0. The molecule has 0 bridgehead atoms. The number of rotatable bonds is 8. The van der Waals surface area contributed by atoms with E-state index in [1.54, 1.807) is 36.6 Å². The summed E-state index contributed by atoms with van der Waals surface area (Å²) in [6.07, 6.45) is 1.70. The number of H-pyrrole nitrogens is 1. The van der Waals surface area contributed by atoms with Crippen LogP contribution in [-0.4, -0.2) is 109 Å². The summed E-state index contributed by atoms with van der Waals surface area (Å²) < 4.78 is 38.5. The van der Waals surface area contributed by atoms with Crippen LogP contribution in [0.1, 0.15) is 18.0 Å². The van der Waals surface area contributed by atoms with E-state index in [0.29, 0.717) is 29.8 Å². The van der Waals surface area contributed by atoms with Gasteiger partial charge in [0.1, 0.15) is 18.1 Å². The third-order valence-corrected chi connectivity index (χ3v) is 9.36. The first-order chi connectivity index (χ1) is 19.1. The first-order valence-electron chi connectivity index (χ1n) is 12.7. The highest BCUT2D eigenvalue weighted by Crippen LogP contribution is 2.54. The van der Waals surface area contributed by atoms with Crippen molar-refractivity contribution >= 4 is 24.7 Å². The number of aliphatic hydroxyl groups is 1. The number of anilines is 1. The van der Waals surface area contributed by atoms with E-state index in [9.17, 15) is 19.3 Å². The Bertz CT molecular complexity index is 1520. The highest BCUT2D eigenvalue weighted by Gasteiger charge is 2.43. The molecule has 3 unspecified atom stereocenters. The highest BCUT2D eigenvalue weighted by molar-refractivity contribution is 7.53. The van der Waals surface area contributed by atoms with Crippen LogP contribution in [0.5, 0.6) is 0 Å². The van der Waals surface area contributed by atoms with Crippen molar-refractivity contribution in [2.45, 2.75) is 31.6 Å². The maximum atomic E-state index is 14.3. The smallest absolute Gasteiger partial charge is 0.345 e. The van der Waals surface area contributed by atoms with Crippen LogP contribution in [0.3, 0.4) is 0 Å². The number of morpholine rings is 2. The molecule has 218 valence electrons. The van der Waals surface area contributed by atoms with Gasteiger partial charge in [0.05, 0.1) is 38.3 Å². The lowest BCUT2D eigenvalue weighted by atomic mass is 10.3. The van der Waals surface area contributed by atoms with Crippen molar-refractivity contribution in [1.82, 2.24) is 43.7 Å². The van der Waals surface area contributed by atoms with Crippen molar-refractivity contribution in [2.75, 3.05) is 59.2 Å². The van der Waals surface area contributed by atoms with E-state index in [-0.39, 0.29) is 32.1 Å². The molecule has 0 aromatic carbocycles. The molecule has 18 heteroatoms. The van der Waals surface area contributed by atoms with Crippen molar-refractivity contribution in [2.24, 2.45) is 0 Å². The Morgan fingerprint density at radius 1 is 1.15 bits per heavy atom. The molecule has 5 atom stereocenters. The number of aliphatic hydroxyl groups excluding tert-OH is 1. The van der Waals surface area contributed by atoms with Crippen LogP contribution in [0.4, 0.5) is 5.82 Å². The molecular formula is C22H33N10O7P. The lowest BCUT2D eigenvalue weighted by molar-refractivity contribution is -0.124. The summed E-state index contributed by atoms with van der Waals surface area (Å²) in [5, 5.41) is 13.2. The second-order valence-electron chi connectivity index (χ2n) is 9.83. The normalized spacial score (nSPS) is 25.8. The Hall–Kier alpha value is -3.02. The van der Waals surface area contributed by atoms with Crippen molar-refractivity contribution in [3.05, 3.63) is 45.3 Å². The number of aryl methyl sites for hydroxylation is 1. The first-order valence-corrected chi connectivity index (χ1v) is 14.2. The zero-order chi connectivity index (χ0) is 28.6. The van der Waals surface area contributed by atoms with E-state index in [0.717, 1.165) is 0 Å². The quantitative estimate of drug-likeness (QED) is 0.227. The molecule has 0 saturated carbocycles. The average molecular weight is 581 g/mol. The Labute approximate surface area is 228 Å². The number of nitrogens with one attached hydrogen (secondary N) is 2. The van der Waals surface area contributed by atoms with E-state index >= 15 is 0 Å². The molecule has 5 heterocycles. The standard InChI is InChI=1S/C22H33N10O7P/c1-13-6-31(22(35)28-21(13)34)17-8-30(7-15(9-33)39-17)40(36,29(2)3)37-10-14-4-24-5-16(38-14)32-12-27-18-19(23)25-11-26-20(18)32/h6,11-12,14-17,24,33H,4-5,7-10H2,1-3H3,(H2,23,25,26)(H,28,34,35)/t14?,15?,16?,17-,40+/m1/s1. The lowest BCUT2D eigenvalue weighted by Crippen LogP contribution is -2.50. The van der Waals surface area contributed by atoms with Crippen LogP contribution in [0.2, 0.25) is 0 Å². The van der Waals surface area contributed by atoms with Gasteiger partial charge in [0, 0.05) is 31.4 Å². The van der Waals surface area contributed by atoms with Gasteiger partial charge in [-0.1, -0.05) is 0 Å². The maximum Gasteiger partial charge on any atom is 0.345 e. The maximum absolute atomic E-state index is 14.3. The molecule has 0 aliphatic carbocycles. The third kappa shape index (κ3) is 5.46. The molecular weight excluding hydrogens is 547 g/mol. The summed E-state index contributed by atoms with van der Waals surface area (Å²) in [6.45, 7) is 2.19. The zero-order valence-corrected chi connectivity index (χ0v) is 23.2. The number of nitrogen functional groups attached to an aromatic ring is 1. The van der Waals surface area contributed by atoms with Gasteiger partial charge in [-0.05, 0) is 21.0 Å². The van der Waals surface area contributed by atoms with Crippen molar-refractivity contribution in [3.63, 3.8) is 0 Å². The molecule has 0 spiro atoms. The van der Waals surface area contributed by atoms with Gasteiger partial charge in [-0.15, -0.1) is 0 Å². The van der Waals surface area contributed by atoms with Gasteiger partial charge in [0.2, 0.25) is 0 Å². The molecule has 3 aromatic heterocycles. The molecule has 5 rings (SSSR count). The summed E-state index contributed by atoms with van der Waals surface area (Å²) in [7, 11) is -0.429. The largest absolute Gasteiger partial charge is 0.394 e. The summed E-state index contributed by atoms with van der Waals surface area (Å²) in [5.41, 5.74) is 6.04. The van der Waals surface area contributed by atoms with E-state index in [4.69, 9.17) is 19.7 Å². The van der Waals surface area contributed by atoms with Gasteiger partial charge in [-0.2, -0.15) is 0 Å². The fourth-order valence-electron chi connectivity index (χ4n) is 4.72. The van der Waals surface area contributed by atoms with Crippen molar-refractivity contribution in [1.29, 1.82) is 0 Å². The second kappa shape index (κ2) is 11.5. The highest BCUT2D eigenvalue weighted by atomic mass is 31.2. The predicted octanol–water partition coefficient (Wildman–Crippen LogP) is -1.37. The van der Waals surface area contributed by atoms with Gasteiger partial charge >= 0.3 is 13.4 Å². The summed E-state index contributed by atoms with van der Waals surface area (Å²) in [4.78, 5) is 39.2. The molecule has 0 amide bonds. The number of hydrogen-bond donors (Lipinski definition) is 4. The minimum Gasteiger partial charge on any atom is -0.394 e. The molecule has 3 aromatic rings. The molecule has 2 saturated heterocycles. The first kappa shape index (κ1) is 28.5. The van der Waals surface area contributed by atoms with Gasteiger partial charge < -0.3 is 30.2 Å². The SMILES string of the molecule is Cc1cn([C@H]2CN([P@@](=O)(OCC3CNCC(n4cnc5c(N)ncnc54)O3)N(C)C)CC(CO)O2)c(=O)[nH]c1=O. The van der Waals surface area contributed by atoms with E-state index in [1.807, 2.05) is 0 Å². The van der Waals surface area contributed by atoms with Gasteiger partial charge in [0.15, 0.2) is 17.7 Å². The summed E-state index contributed by atoms with van der Waals surface area (Å²) in [5.74, 6) is 0.267. The van der Waals surface area contributed by atoms with Crippen LogP contribution < -0.4 is 22.3 Å². The fraction of sp³-hybridized carbons (Fsp3) is 0.591. The number of imidazole rings is 1. The van der Waals surface area contributed by atoms with E-state index < -0.39 is 43.6 Å². The van der Waals surface area contributed by atoms with Gasteiger partial charge in [-0.25, -0.2) is 29.1 Å². The zero-order valence-electron chi connectivity index (χ0n) is 22.3. The van der Waals surface area contributed by atoms with Gasteiger partial charge in [-0.3, -0.25) is 23.5 Å². The molecule has 17 nitrogen and oxygen atoms in total. The van der Waals surface area contributed by atoms with Crippen LogP contribution in [0.25, 0.3) is 11.2 Å². The van der Waals surface area contributed by atoms with E-state index in [1.165, 1.54) is 21.8 Å². The number of aromatic nitrogens is 6. The number of nitrogens with zero attached hydrogens (tertiary/aromatic N) is 7. The average Bonchev–Trinajstić information content (AvgIpc) is 3.39. The van der Waals surface area contributed by atoms with Crippen LogP contribution in [0.15, 0.2) is 28.4 Å². The number of nitrogens with two attached hydrogens (primary N) is 1. The summed E-state index contributed by atoms with van der Waals surface area (Å²) in [6, 6.07) is 0. The minimum atomic E-state index is -3.68. The monoisotopic (exact) mass is 580 g/mol. The minimum absolute atomic E-state index is 0.00585. The molecule has 2 fully saturated rings. The lowest BCUT2D eigenvalue weighted by Gasteiger charge is -2.43. The molecule has 5 N–H and O–H groups in total. The molecule has 40 heavy (non-hydrogen) atoms. The number of ether oxygens (including phenoxy) is 2. The number of aromatic amines is 1. The fourth-order valence-corrected chi connectivity index (χ4v) is 6.71. The van der Waals surface area contributed by atoms with Crippen LogP contribution in [-0.2, 0) is 18.6 Å². The third-order valence-electron chi connectivity index (χ3n) is 6.82. The Morgan fingerprint density at radius 3 is 2.67 bits per heavy atom. The number of fused-ring (bicyclic) bond motifs is 1. The molecule has 2 aliphatic rings. The predicted molar refractivity (Wildman–Crippen MR) is 142 cm³/mol. The Balaban J connectivity index is 1.33. The van der Waals surface area contributed by atoms with Crippen molar-refractivity contribution < 1.29 is 23.7 Å². The Kier molecular flexibility index (Phi) is 8.17. The van der Waals surface area contributed by atoms with Gasteiger partial charge in [0.25, 0.3) is 5.56 Å². The second-order valence-corrected chi connectivity index (χ2v) is 12.4. The van der Waals surface area contributed by atoms with Crippen LogP contribution in [0, 0.1) is 6.92 Å². The van der Waals surface area contributed by atoms with Crippen LogP contribution >= 0.6 is 7.67 Å². The molecule has 0 radical (unpaired) electrons. The van der Waals surface area contributed by atoms with E-state index in [2.05, 4.69) is 25.3 Å². The Morgan fingerprint density at radius 2 is 1.93 bits per heavy atom. The van der Waals surface area contributed by atoms with Crippen molar-refractivity contribution in [3.8, 4) is 0 Å². The molecule has 2 aliphatic heterocycles. The number of hydrogen-bond acceptors (Lipinski definition) is 12.